The van der Waals surface area contributed by atoms with Crippen molar-refractivity contribution in [2.45, 2.75) is 38.5 Å². The Hall–Kier alpha value is -3.95. The molecule has 2 N–H and O–H groups in total. The number of ether oxygens (including phenoxy) is 1. The number of rotatable bonds is 14. The third-order valence-corrected chi connectivity index (χ3v) is 5.20. The number of hydrogen-bond donors (Lipinski definition) is 2. The molecule has 10 heteroatoms. The number of amides is 1. The second-order valence-electron chi connectivity index (χ2n) is 7.71. The predicted octanol–water partition coefficient (Wildman–Crippen LogP) is 4.37. The molecule has 1 heterocycles. The van der Waals surface area contributed by atoms with Gasteiger partial charge in [0.1, 0.15) is 11.4 Å². The summed E-state index contributed by atoms with van der Waals surface area (Å²) in [5, 5.41) is 21.0. The van der Waals surface area contributed by atoms with Crippen LogP contribution in [0, 0.1) is 10.1 Å². The van der Waals surface area contributed by atoms with Crippen LogP contribution >= 0.6 is 0 Å². The van der Waals surface area contributed by atoms with Crippen LogP contribution in [0.1, 0.15) is 38.0 Å². The summed E-state index contributed by atoms with van der Waals surface area (Å²) in [4.78, 5) is 27.0. The summed E-state index contributed by atoms with van der Waals surface area (Å²) in [5.74, 6) is 1.90. The third-order valence-electron chi connectivity index (χ3n) is 5.20. The Bertz CT molecular complexity index is 1070. The normalized spacial score (nSPS) is 10.6. The van der Waals surface area contributed by atoms with Crippen LogP contribution in [0.2, 0.25) is 0 Å². The average molecular weight is 468 g/mol. The summed E-state index contributed by atoms with van der Waals surface area (Å²) in [7, 11) is 1.62. The van der Waals surface area contributed by atoms with Gasteiger partial charge in [0.2, 0.25) is 17.6 Å². The Kier molecular flexibility index (Phi) is 9.39. The smallest absolute Gasteiger partial charge is 0.292 e. The molecule has 0 unspecified atom stereocenters. The molecule has 1 amide bonds. The van der Waals surface area contributed by atoms with Gasteiger partial charge in [0, 0.05) is 37.6 Å². The van der Waals surface area contributed by atoms with Crippen LogP contribution in [0.25, 0.3) is 11.4 Å². The molecule has 0 aliphatic carbocycles. The van der Waals surface area contributed by atoms with Crippen LogP contribution in [0.5, 0.6) is 5.75 Å². The van der Waals surface area contributed by atoms with Gasteiger partial charge in [0.15, 0.2) is 0 Å². The van der Waals surface area contributed by atoms with Gasteiger partial charge >= 0.3 is 0 Å². The largest absolute Gasteiger partial charge is 0.497 e. The zero-order valence-corrected chi connectivity index (χ0v) is 19.2. The number of unbranched alkanes of at least 4 members (excludes halogenated alkanes) is 2. The van der Waals surface area contributed by atoms with E-state index in [4.69, 9.17) is 9.26 Å². The Morgan fingerprint density at radius 2 is 1.85 bits per heavy atom. The number of nitro groups is 1. The Labute approximate surface area is 197 Å². The first-order valence-corrected chi connectivity index (χ1v) is 11.3. The number of methoxy groups -OCH3 is 1. The number of anilines is 1. The topological polar surface area (TPSA) is 132 Å². The van der Waals surface area contributed by atoms with E-state index >= 15 is 0 Å². The first-order valence-electron chi connectivity index (χ1n) is 11.3. The van der Waals surface area contributed by atoms with Crippen molar-refractivity contribution in [3.8, 4) is 17.1 Å². The first-order chi connectivity index (χ1) is 16.6. The number of carbonyl (C=O) groups is 1. The molecule has 0 atom stereocenters. The fraction of sp³-hybridized carbons (Fsp3) is 0.375. The molecule has 0 aliphatic rings. The van der Waals surface area contributed by atoms with Crippen molar-refractivity contribution < 1.29 is 19.0 Å². The zero-order chi connectivity index (χ0) is 24.2. The highest BCUT2D eigenvalue weighted by Gasteiger charge is 2.12. The quantitative estimate of drug-likeness (QED) is 0.203. The predicted molar refractivity (Wildman–Crippen MR) is 128 cm³/mol. The summed E-state index contributed by atoms with van der Waals surface area (Å²) in [6.45, 7) is 1.10. The molecule has 1 aromatic heterocycles. The number of hydrogen-bond acceptors (Lipinski definition) is 8. The number of nitrogens with one attached hydrogen (secondary N) is 2. The van der Waals surface area contributed by atoms with E-state index < -0.39 is 4.92 Å². The fourth-order valence-corrected chi connectivity index (χ4v) is 3.36. The number of nitrogens with zero attached hydrogens (tertiary/aromatic N) is 3. The maximum Gasteiger partial charge on any atom is 0.292 e. The van der Waals surface area contributed by atoms with Crippen molar-refractivity contribution >= 4 is 17.3 Å². The van der Waals surface area contributed by atoms with Gasteiger partial charge in [0.25, 0.3) is 5.69 Å². The maximum atomic E-state index is 12.0. The van der Waals surface area contributed by atoms with Crippen LogP contribution in [-0.4, -0.2) is 41.2 Å². The highest BCUT2D eigenvalue weighted by Crippen LogP contribution is 2.23. The summed E-state index contributed by atoms with van der Waals surface area (Å²) >= 11 is 0. The second-order valence-corrected chi connectivity index (χ2v) is 7.71. The number of aromatic nitrogens is 2. The Morgan fingerprint density at radius 3 is 2.62 bits per heavy atom. The molecule has 10 nitrogen and oxygen atoms in total. The molecule has 0 aliphatic heterocycles. The van der Waals surface area contributed by atoms with Crippen molar-refractivity contribution in [1.29, 1.82) is 0 Å². The van der Waals surface area contributed by atoms with Crippen LogP contribution in [0.3, 0.4) is 0 Å². The molecule has 3 rings (SSSR count). The van der Waals surface area contributed by atoms with Crippen molar-refractivity contribution in [3.05, 3.63) is 64.5 Å². The lowest BCUT2D eigenvalue weighted by Gasteiger charge is -2.07. The zero-order valence-electron chi connectivity index (χ0n) is 19.2. The van der Waals surface area contributed by atoms with Crippen molar-refractivity contribution in [2.24, 2.45) is 0 Å². The fourth-order valence-electron chi connectivity index (χ4n) is 3.36. The van der Waals surface area contributed by atoms with E-state index in [1.165, 1.54) is 6.07 Å². The van der Waals surface area contributed by atoms with Crippen molar-refractivity contribution in [1.82, 2.24) is 15.5 Å². The number of para-hydroxylation sites is 2. The van der Waals surface area contributed by atoms with Crippen LogP contribution < -0.4 is 15.4 Å². The maximum absolute atomic E-state index is 12.0. The van der Waals surface area contributed by atoms with Gasteiger partial charge in [-0.25, -0.2) is 0 Å². The van der Waals surface area contributed by atoms with Gasteiger partial charge in [-0.05, 0) is 49.6 Å². The van der Waals surface area contributed by atoms with E-state index in [0.29, 0.717) is 49.8 Å². The minimum Gasteiger partial charge on any atom is -0.497 e. The minimum atomic E-state index is -0.423. The molecule has 0 bridgehead atoms. The highest BCUT2D eigenvalue weighted by atomic mass is 16.6. The molecular formula is C24H29N5O5. The Balaban J connectivity index is 1.25. The van der Waals surface area contributed by atoms with Crippen LogP contribution in [0.15, 0.2) is 53.1 Å². The van der Waals surface area contributed by atoms with Gasteiger partial charge in [-0.2, -0.15) is 4.98 Å². The second kappa shape index (κ2) is 12.9. The summed E-state index contributed by atoms with van der Waals surface area (Å²) in [5.41, 5.74) is 1.37. The van der Waals surface area contributed by atoms with Gasteiger partial charge in [-0.1, -0.05) is 23.7 Å². The molecule has 3 aromatic rings. The molecule has 0 saturated carbocycles. The summed E-state index contributed by atoms with van der Waals surface area (Å²) in [6, 6.07) is 13.9. The molecule has 2 aromatic carbocycles. The van der Waals surface area contributed by atoms with E-state index in [0.717, 1.165) is 30.6 Å². The standard InChI is InChI=1S/C24H29N5O5/c1-33-19-14-12-18(13-15-19)24-27-23(34-28-24)11-3-2-6-16-26-22(30)10-7-17-25-20-8-4-5-9-21(20)29(31)32/h4-5,8-9,12-15,25H,2-3,6-7,10-11,16-17H2,1H3,(H,26,30). The minimum absolute atomic E-state index is 0.0228. The molecular weight excluding hydrogens is 438 g/mol. The van der Waals surface area contributed by atoms with Crippen LogP contribution in [-0.2, 0) is 11.2 Å². The van der Waals surface area contributed by atoms with Gasteiger partial charge in [0.05, 0.1) is 12.0 Å². The lowest BCUT2D eigenvalue weighted by Crippen LogP contribution is -2.24. The first kappa shape index (κ1) is 24.7. The van der Waals surface area contributed by atoms with Gasteiger partial charge in [-0.3, -0.25) is 14.9 Å². The van der Waals surface area contributed by atoms with E-state index in [9.17, 15) is 14.9 Å². The molecule has 0 spiro atoms. The van der Waals surface area contributed by atoms with Gasteiger partial charge in [-0.15, -0.1) is 0 Å². The summed E-state index contributed by atoms with van der Waals surface area (Å²) in [6.07, 6.45) is 4.32. The molecule has 34 heavy (non-hydrogen) atoms. The van der Waals surface area contributed by atoms with Gasteiger partial charge < -0.3 is 19.9 Å². The lowest BCUT2D eigenvalue weighted by atomic mass is 10.2. The monoisotopic (exact) mass is 467 g/mol. The van der Waals surface area contributed by atoms with Crippen LogP contribution in [0.4, 0.5) is 11.4 Å². The highest BCUT2D eigenvalue weighted by molar-refractivity contribution is 5.75. The van der Waals surface area contributed by atoms with E-state index in [1.54, 1.807) is 25.3 Å². The number of carbonyl (C=O) groups excluding carboxylic acids is 1. The van der Waals surface area contributed by atoms with Crippen molar-refractivity contribution in [2.75, 3.05) is 25.5 Å². The van der Waals surface area contributed by atoms with E-state index in [2.05, 4.69) is 20.8 Å². The number of benzene rings is 2. The molecule has 0 saturated heterocycles. The molecule has 180 valence electrons. The average Bonchev–Trinajstić information content (AvgIpc) is 3.33. The Morgan fingerprint density at radius 1 is 1.06 bits per heavy atom. The SMILES string of the molecule is COc1ccc(-c2noc(CCCCCNC(=O)CCCNc3ccccc3[N+](=O)[O-])n2)cc1. The molecule has 0 fully saturated rings. The summed E-state index contributed by atoms with van der Waals surface area (Å²) < 4.78 is 10.5. The third kappa shape index (κ3) is 7.58. The van der Waals surface area contributed by atoms with Crippen molar-refractivity contribution in [3.63, 3.8) is 0 Å². The van der Waals surface area contributed by atoms with E-state index in [-0.39, 0.29) is 11.6 Å². The number of aryl methyl sites for hydroxylation is 1. The van der Waals surface area contributed by atoms with E-state index in [1.807, 2.05) is 24.3 Å². The lowest BCUT2D eigenvalue weighted by molar-refractivity contribution is -0.384. The molecule has 0 radical (unpaired) electrons. The number of nitro benzene ring substituents is 1.